The van der Waals surface area contributed by atoms with Crippen LogP contribution in [0.2, 0.25) is 0 Å². The van der Waals surface area contributed by atoms with Crippen molar-refractivity contribution in [2.75, 3.05) is 0 Å². The Bertz CT molecular complexity index is 2710. The zero-order valence-electron chi connectivity index (χ0n) is 22.6. The number of nitriles is 1. The average molecular weight is 550 g/mol. The molecule has 0 saturated heterocycles. The molecule has 5 nitrogen and oxygen atoms in total. The van der Waals surface area contributed by atoms with Gasteiger partial charge in [-0.05, 0) is 71.8 Å². The maximum absolute atomic E-state index is 9.78. The number of furan rings is 2. The summed E-state index contributed by atoms with van der Waals surface area (Å²) in [6.07, 6.45) is 0. The van der Waals surface area contributed by atoms with Gasteiger partial charge in [-0.25, -0.2) is 4.85 Å². The van der Waals surface area contributed by atoms with E-state index in [2.05, 4.69) is 70.1 Å². The van der Waals surface area contributed by atoms with E-state index in [9.17, 15) is 5.26 Å². The minimum absolute atomic E-state index is 0.344. The molecular formula is C38H19N3O2. The number of benzene rings is 6. The lowest BCUT2D eigenvalue weighted by Gasteiger charge is -2.09. The smallest absolute Gasteiger partial charge is 0.204 e. The van der Waals surface area contributed by atoms with Gasteiger partial charge in [0.25, 0.3) is 0 Å². The lowest BCUT2D eigenvalue weighted by molar-refractivity contribution is 0.669. The fourth-order valence-electron chi connectivity index (χ4n) is 6.50. The van der Waals surface area contributed by atoms with Crippen molar-refractivity contribution in [2.24, 2.45) is 0 Å². The first kappa shape index (κ1) is 23.4. The number of hydrogen-bond donors (Lipinski definition) is 0. The molecule has 5 heteroatoms. The van der Waals surface area contributed by atoms with Gasteiger partial charge >= 0.3 is 0 Å². The Morgan fingerprint density at radius 1 is 0.605 bits per heavy atom. The standard InChI is InChI=1S/C38H19N3O2/c1-40-31-14-12-25(18-24(31)21-39)41-32-15-10-22(23-11-17-36-29(19-23)27-7-3-4-8-34(27)42-36)20-30(32)37-33(41)16-13-28-26-6-2-5-9-35(26)43-38(28)37/h2-20H. The quantitative estimate of drug-likeness (QED) is 0.202. The van der Waals surface area contributed by atoms with Crippen molar-refractivity contribution in [3.05, 3.63) is 132 Å². The number of aromatic nitrogens is 1. The molecule has 0 aliphatic carbocycles. The second-order valence-corrected chi connectivity index (χ2v) is 10.7. The van der Waals surface area contributed by atoms with Crippen LogP contribution in [0.4, 0.5) is 5.69 Å². The number of nitrogens with zero attached hydrogens (tertiary/aromatic N) is 3. The Kier molecular flexibility index (Phi) is 4.68. The lowest BCUT2D eigenvalue weighted by Crippen LogP contribution is -1.94. The van der Waals surface area contributed by atoms with Gasteiger partial charge in [-0.15, -0.1) is 0 Å². The van der Waals surface area contributed by atoms with Crippen molar-refractivity contribution in [1.29, 1.82) is 5.26 Å². The van der Waals surface area contributed by atoms with E-state index in [0.29, 0.717) is 11.3 Å². The molecule has 0 radical (unpaired) electrons. The summed E-state index contributed by atoms with van der Waals surface area (Å²) in [5, 5.41) is 16.1. The highest BCUT2D eigenvalue weighted by Crippen LogP contribution is 2.42. The molecule has 6 aromatic carbocycles. The summed E-state index contributed by atoms with van der Waals surface area (Å²) < 4.78 is 14.8. The van der Waals surface area contributed by atoms with E-state index in [4.69, 9.17) is 15.4 Å². The van der Waals surface area contributed by atoms with Crippen LogP contribution in [0.5, 0.6) is 0 Å². The van der Waals surface area contributed by atoms with Crippen molar-refractivity contribution < 1.29 is 8.83 Å². The maximum Gasteiger partial charge on any atom is 0.204 e. The van der Waals surface area contributed by atoms with Crippen LogP contribution in [0.3, 0.4) is 0 Å². The molecule has 0 N–H and O–H groups in total. The van der Waals surface area contributed by atoms with Gasteiger partial charge in [-0.3, -0.25) is 0 Å². The number of fused-ring (bicyclic) bond motifs is 10. The largest absolute Gasteiger partial charge is 0.456 e. The predicted molar refractivity (Wildman–Crippen MR) is 172 cm³/mol. The third-order valence-corrected chi connectivity index (χ3v) is 8.46. The van der Waals surface area contributed by atoms with E-state index >= 15 is 0 Å². The fourth-order valence-corrected chi connectivity index (χ4v) is 6.50. The Morgan fingerprint density at radius 2 is 1.28 bits per heavy atom. The average Bonchev–Trinajstić information content (AvgIpc) is 3.73. The van der Waals surface area contributed by atoms with Crippen molar-refractivity contribution in [2.45, 2.75) is 0 Å². The highest BCUT2D eigenvalue weighted by Gasteiger charge is 2.20. The monoisotopic (exact) mass is 549 g/mol. The predicted octanol–water partition coefficient (Wildman–Crippen LogP) is 10.7. The lowest BCUT2D eigenvalue weighted by atomic mass is 10.00. The first-order valence-electron chi connectivity index (χ1n) is 13.9. The van der Waals surface area contributed by atoms with Crippen LogP contribution < -0.4 is 0 Å². The summed E-state index contributed by atoms with van der Waals surface area (Å²) in [6.45, 7) is 7.48. The molecule has 43 heavy (non-hydrogen) atoms. The van der Waals surface area contributed by atoms with E-state index in [1.807, 2.05) is 48.5 Å². The Labute approximate surface area is 244 Å². The van der Waals surface area contributed by atoms with Crippen molar-refractivity contribution in [3.8, 4) is 22.9 Å². The van der Waals surface area contributed by atoms with Crippen LogP contribution in [-0.2, 0) is 0 Å². The summed E-state index contributed by atoms with van der Waals surface area (Å²) in [5.74, 6) is 0. The van der Waals surface area contributed by atoms with Crippen LogP contribution >= 0.6 is 0 Å². The summed E-state index contributed by atoms with van der Waals surface area (Å²) >= 11 is 0. The van der Waals surface area contributed by atoms with Gasteiger partial charge in [0.15, 0.2) is 0 Å². The Balaban J connectivity index is 1.37. The van der Waals surface area contributed by atoms with Gasteiger partial charge in [-0.1, -0.05) is 54.6 Å². The van der Waals surface area contributed by atoms with E-state index in [1.165, 1.54) is 0 Å². The summed E-state index contributed by atoms with van der Waals surface area (Å²) in [6, 6.07) is 40.9. The summed E-state index contributed by atoms with van der Waals surface area (Å²) in [5.41, 5.74) is 9.04. The van der Waals surface area contributed by atoms with E-state index < -0.39 is 0 Å². The molecule has 0 spiro atoms. The molecule has 198 valence electrons. The molecule has 0 amide bonds. The zero-order chi connectivity index (χ0) is 28.7. The third-order valence-electron chi connectivity index (χ3n) is 8.46. The molecule has 3 heterocycles. The van der Waals surface area contributed by atoms with Crippen LogP contribution in [0, 0.1) is 17.9 Å². The highest BCUT2D eigenvalue weighted by molar-refractivity contribution is 6.24. The van der Waals surface area contributed by atoms with Crippen LogP contribution in [0.15, 0.2) is 124 Å². The van der Waals surface area contributed by atoms with Crippen LogP contribution in [-0.4, -0.2) is 4.57 Å². The highest BCUT2D eigenvalue weighted by atomic mass is 16.3. The van der Waals surface area contributed by atoms with E-state index in [-0.39, 0.29) is 0 Å². The van der Waals surface area contributed by atoms with Gasteiger partial charge < -0.3 is 13.4 Å². The molecule has 0 bridgehead atoms. The number of hydrogen-bond acceptors (Lipinski definition) is 3. The van der Waals surface area contributed by atoms with Crippen LogP contribution in [0.1, 0.15) is 5.56 Å². The van der Waals surface area contributed by atoms with Crippen LogP contribution in [0.25, 0.3) is 87.3 Å². The van der Waals surface area contributed by atoms with Crippen molar-refractivity contribution >= 4 is 71.4 Å². The maximum atomic E-state index is 9.78. The minimum Gasteiger partial charge on any atom is -0.456 e. The second-order valence-electron chi connectivity index (χ2n) is 10.7. The summed E-state index contributed by atoms with van der Waals surface area (Å²) in [4.78, 5) is 3.53. The SMILES string of the molecule is [C-]#[N+]c1ccc(-n2c3ccc(-c4ccc5oc6ccccc6c5c4)cc3c3c4oc5ccccc5c4ccc32)cc1C#N. The fraction of sp³-hybridized carbons (Fsp3) is 0. The van der Waals surface area contributed by atoms with Gasteiger partial charge in [-0.2, -0.15) is 5.26 Å². The minimum atomic E-state index is 0.344. The molecule has 0 aliphatic heterocycles. The first-order chi connectivity index (χ1) is 21.2. The summed E-state index contributed by atoms with van der Waals surface area (Å²) in [7, 11) is 0. The molecule has 0 aliphatic rings. The normalized spacial score (nSPS) is 11.7. The molecule has 3 aromatic heterocycles. The van der Waals surface area contributed by atoms with Gasteiger partial charge in [0, 0.05) is 32.6 Å². The molecule has 0 fully saturated rings. The van der Waals surface area contributed by atoms with Gasteiger partial charge in [0.05, 0.1) is 34.6 Å². The Hall–Kier alpha value is -6.30. The van der Waals surface area contributed by atoms with Crippen molar-refractivity contribution in [3.63, 3.8) is 0 Å². The topological polar surface area (TPSA) is 59.4 Å². The van der Waals surface area contributed by atoms with Gasteiger partial charge in [0.1, 0.15) is 22.3 Å². The molecule has 0 atom stereocenters. The molecule has 9 rings (SSSR count). The van der Waals surface area contributed by atoms with E-state index in [0.717, 1.165) is 82.5 Å². The van der Waals surface area contributed by atoms with E-state index in [1.54, 1.807) is 12.1 Å². The Morgan fingerprint density at radius 3 is 2.07 bits per heavy atom. The number of para-hydroxylation sites is 2. The molecule has 0 unspecified atom stereocenters. The molecule has 0 saturated carbocycles. The first-order valence-corrected chi connectivity index (χ1v) is 13.9. The molecular weight excluding hydrogens is 530 g/mol. The molecule has 9 aromatic rings. The van der Waals surface area contributed by atoms with Crippen molar-refractivity contribution in [1.82, 2.24) is 4.57 Å². The number of rotatable bonds is 2. The zero-order valence-corrected chi connectivity index (χ0v) is 22.6. The third kappa shape index (κ3) is 3.25. The second kappa shape index (κ2) is 8.60. The van der Waals surface area contributed by atoms with Gasteiger partial charge in [0.2, 0.25) is 5.69 Å².